The SMILES string of the molecule is CC(C)C(C)Nc1nc(N[C@@H](C)C(C)C)nc(-c2cccc(C(F)(F)F)n2)n1. The number of rotatable bonds is 7. The van der Waals surface area contributed by atoms with E-state index in [-0.39, 0.29) is 23.6 Å². The molecule has 2 atom stereocenters. The summed E-state index contributed by atoms with van der Waals surface area (Å²) in [5.74, 6) is 1.31. The van der Waals surface area contributed by atoms with Crippen molar-refractivity contribution in [2.75, 3.05) is 10.6 Å². The molecule has 1 unspecified atom stereocenters. The first-order valence-corrected chi connectivity index (χ1v) is 9.31. The highest BCUT2D eigenvalue weighted by Crippen LogP contribution is 2.29. The second-order valence-electron chi connectivity index (χ2n) is 7.57. The number of pyridine rings is 1. The van der Waals surface area contributed by atoms with E-state index in [1.54, 1.807) is 0 Å². The fraction of sp³-hybridized carbons (Fsp3) is 0.579. The molecule has 0 fully saturated rings. The van der Waals surface area contributed by atoms with Crippen molar-refractivity contribution in [2.45, 2.75) is 59.8 Å². The summed E-state index contributed by atoms with van der Waals surface area (Å²) in [4.78, 5) is 16.7. The smallest absolute Gasteiger partial charge is 0.351 e. The Balaban J connectivity index is 2.47. The van der Waals surface area contributed by atoms with Crippen LogP contribution in [0, 0.1) is 11.8 Å². The molecule has 9 heteroatoms. The van der Waals surface area contributed by atoms with Crippen LogP contribution in [0.4, 0.5) is 25.1 Å². The molecule has 0 saturated carbocycles. The minimum Gasteiger partial charge on any atom is -0.351 e. The Bertz CT molecular complexity index is 757. The van der Waals surface area contributed by atoms with Crippen molar-refractivity contribution in [3.63, 3.8) is 0 Å². The van der Waals surface area contributed by atoms with Gasteiger partial charge in [0.2, 0.25) is 11.9 Å². The molecule has 2 aromatic rings. The van der Waals surface area contributed by atoms with Crippen LogP contribution in [0.2, 0.25) is 0 Å². The molecule has 0 aliphatic carbocycles. The number of nitrogens with one attached hydrogen (secondary N) is 2. The van der Waals surface area contributed by atoms with Crippen molar-refractivity contribution < 1.29 is 13.2 Å². The van der Waals surface area contributed by atoms with E-state index in [4.69, 9.17) is 0 Å². The van der Waals surface area contributed by atoms with E-state index in [0.29, 0.717) is 23.7 Å². The first kappa shape index (κ1) is 21.8. The summed E-state index contributed by atoms with van der Waals surface area (Å²) in [6.45, 7) is 12.2. The van der Waals surface area contributed by atoms with E-state index < -0.39 is 11.9 Å². The lowest BCUT2D eigenvalue weighted by molar-refractivity contribution is -0.141. The third kappa shape index (κ3) is 5.77. The number of alkyl halides is 3. The maximum absolute atomic E-state index is 13.0. The molecule has 2 N–H and O–H groups in total. The van der Waals surface area contributed by atoms with Crippen LogP contribution in [-0.4, -0.2) is 32.0 Å². The monoisotopic (exact) mass is 396 g/mol. The second kappa shape index (κ2) is 8.70. The molecule has 154 valence electrons. The Kier molecular flexibility index (Phi) is 6.79. The summed E-state index contributed by atoms with van der Waals surface area (Å²) in [7, 11) is 0. The van der Waals surface area contributed by atoms with Crippen molar-refractivity contribution in [3.8, 4) is 11.5 Å². The van der Waals surface area contributed by atoms with Crippen LogP contribution < -0.4 is 10.6 Å². The topological polar surface area (TPSA) is 75.6 Å². The molecule has 0 spiro atoms. The zero-order valence-electron chi connectivity index (χ0n) is 17.0. The molecule has 0 aromatic carbocycles. The fourth-order valence-corrected chi connectivity index (χ4v) is 2.08. The van der Waals surface area contributed by atoms with Gasteiger partial charge >= 0.3 is 6.18 Å². The highest BCUT2D eigenvalue weighted by Gasteiger charge is 2.32. The van der Waals surface area contributed by atoms with Crippen LogP contribution in [0.25, 0.3) is 11.5 Å². The average molecular weight is 396 g/mol. The van der Waals surface area contributed by atoms with Gasteiger partial charge in [0.05, 0.1) is 0 Å². The van der Waals surface area contributed by atoms with Gasteiger partial charge in [0, 0.05) is 12.1 Å². The van der Waals surface area contributed by atoms with Crippen molar-refractivity contribution in [1.82, 2.24) is 19.9 Å². The van der Waals surface area contributed by atoms with E-state index in [1.165, 1.54) is 12.1 Å². The highest BCUT2D eigenvalue weighted by molar-refractivity contribution is 5.54. The van der Waals surface area contributed by atoms with Crippen LogP contribution in [0.3, 0.4) is 0 Å². The van der Waals surface area contributed by atoms with Crippen LogP contribution in [-0.2, 0) is 6.18 Å². The molecule has 2 rings (SSSR count). The molecule has 2 aromatic heterocycles. The van der Waals surface area contributed by atoms with Gasteiger partial charge in [-0.25, -0.2) is 4.98 Å². The quantitative estimate of drug-likeness (QED) is 0.696. The van der Waals surface area contributed by atoms with E-state index >= 15 is 0 Å². The Hall–Kier alpha value is -2.45. The maximum atomic E-state index is 13.0. The van der Waals surface area contributed by atoms with Crippen molar-refractivity contribution in [2.24, 2.45) is 11.8 Å². The Labute approximate surface area is 163 Å². The van der Waals surface area contributed by atoms with Crippen LogP contribution in [0.1, 0.15) is 47.2 Å². The van der Waals surface area contributed by atoms with Crippen LogP contribution in [0.15, 0.2) is 18.2 Å². The second-order valence-corrected chi connectivity index (χ2v) is 7.57. The summed E-state index contributed by atoms with van der Waals surface area (Å²) in [6.07, 6.45) is -4.54. The van der Waals surface area contributed by atoms with Gasteiger partial charge in [-0.2, -0.15) is 28.1 Å². The molecule has 0 aliphatic heterocycles. The number of nitrogens with zero attached hydrogens (tertiary/aromatic N) is 4. The lowest BCUT2D eigenvalue weighted by Gasteiger charge is -2.20. The molecule has 0 amide bonds. The summed E-state index contributed by atoms with van der Waals surface area (Å²) >= 11 is 0. The Morgan fingerprint density at radius 2 is 1.25 bits per heavy atom. The number of halogens is 3. The lowest BCUT2D eigenvalue weighted by Crippen LogP contribution is -2.26. The number of hydrogen-bond acceptors (Lipinski definition) is 6. The third-order valence-corrected chi connectivity index (χ3v) is 4.62. The summed E-state index contributed by atoms with van der Waals surface area (Å²) < 4.78 is 39.1. The summed E-state index contributed by atoms with van der Waals surface area (Å²) in [6, 6.07) is 3.81. The lowest BCUT2D eigenvalue weighted by atomic mass is 10.1. The third-order valence-electron chi connectivity index (χ3n) is 4.62. The number of hydrogen-bond donors (Lipinski definition) is 2. The summed E-state index contributed by atoms with van der Waals surface area (Å²) in [5, 5.41) is 6.37. The average Bonchev–Trinajstić information content (AvgIpc) is 2.60. The Morgan fingerprint density at radius 1 is 0.750 bits per heavy atom. The molecule has 0 bridgehead atoms. The predicted octanol–water partition coefficient (Wildman–Crippen LogP) is 4.87. The molecule has 2 heterocycles. The van der Waals surface area contributed by atoms with Gasteiger partial charge in [0.25, 0.3) is 0 Å². The van der Waals surface area contributed by atoms with Gasteiger partial charge in [-0.15, -0.1) is 0 Å². The fourth-order valence-electron chi connectivity index (χ4n) is 2.08. The first-order valence-electron chi connectivity index (χ1n) is 9.31. The summed E-state index contributed by atoms with van der Waals surface area (Å²) in [5.41, 5.74) is -0.946. The largest absolute Gasteiger partial charge is 0.433 e. The van der Waals surface area contributed by atoms with Gasteiger partial charge in [0.15, 0.2) is 5.82 Å². The zero-order valence-corrected chi connectivity index (χ0v) is 17.0. The molecule has 6 nitrogen and oxygen atoms in total. The van der Waals surface area contributed by atoms with Gasteiger partial charge in [-0.3, -0.25) is 0 Å². The minimum atomic E-state index is -4.54. The molecule has 0 radical (unpaired) electrons. The van der Waals surface area contributed by atoms with E-state index in [1.807, 2.05) is 41.5 Å². The van der Waals surface area contributed by atoms with Crippen molar-refractivity contribution in [3.05, 3.63) is 23.9 Å². The van der Waals surface area contributed by atoms with Gasteiger partial charge in [0.1, 0.15) is 11.4 Å². The van der Waals surface area contributed by atoms with Crippen LogP contribution in [0.5, 0.6) is 0 Å². The van der Waals surface area contributed by atoms with Gasteiger partial charge in [-0.1, -0.05) is 33.8 Å². The van der Waals surface area contributed by atoms with E-state index in [2.05, 4.69) is 30.6 Å². The number of aromatic nitrogens is 4. The molecular formula is C19H27F3N6. The molecule has 0 aliphatic rings. The van der Waals surface area contributed by atoms with E-state index in [0.717, 1.165) is 6.07 Å². The van der Waals surface area contributed by atoms with Crippen molar-refractivity contribution >= 4 is 11.9 Å². The first-order chi connectivity index (χ1) is 13.0. The predicted molar refractivity (Wildman–Crippen MR) is 104 cm³/mol. The standard InChI is InChI=1S/C19H27F3N6/c1-10(2)12(5)23-17-26-16(27-18(28-17)24-13(6)11(3)4)14-8-7-9-15(25-14)19(20,21)22/h7-13H,1-6H3,(H2,23,24,26,27,28)/t12-,13?/m0/s1. The minimum absolute atomic E-state index is 0.0396. The highest BCUT2D eigenvalue weighted by atomic mass is 19.4. The number of anilines is 2. The molecular weight excluding hydrogens is 369 g/mol. The van der Waals surface area contributed by atoms with E-state index in [9.17, 15) is 13.2 Å². The van der Waals surface area contributed by atoms with Gasteiger partial charge < -0.3 is 10.6 Å². The Morgan fingerprint density at radius 3 is 1.68 bits per heavy atom. The van der Waals surface area contributed by atoms with Gasteiger partial charge in [-0.05, 0) is 37.8 Å². The zero-order chi connectivity index (χ0) is 21.1. The van der Waals surface area contributed by atoms with Crippen molar-refractivity contribution in [1.29, 1.82) is 0 Å². The molecule has 0 saturated heterocycles. The normalized spacial score (nSPS) is 14.2. The maximum Gasteiger partial charge on any atom is 0.433 e. The molecule has 28 heavy (non-hydrogen) atoms. The van der Waals surface area contributed by atoms with Crippen LogP contribution >= 0.6 is 0 Å².